The maximum absolute atomic E-state index is 12.5. The maximum atomic E-state index is 12.5. The number of aromatic nitrogens is 3. The van der Waals surface area contributed by atoms with Crippen molar-refractivity contribution in [3.05, 3.63) is 59.8 Å². The third-order valence-electron chi connectivity index (χ3n) is 5.07. The second-order valence-electron chi connectivity index (χ2n) is 7.33. The number of thioether (sulfide) groups is 1. The average Bonchev–Trinajstić information content (AvgIpc) is 3.36. The van der Waals surface area contributed by atoms with Crippen LogP contribution in [0, 0.1) is 0 Å². The number of benzene rings is 1. The SMILES string of the molecule is CC(C)c1ccc(-n2cnnc2SCC(=O)NC2CCCc3occc32)cc1. The standard InChI is InChI=1S/C21H24N4O2S/c1-14(2)15-6-8-16(9-7-15)25-13-22-24-21(25)28-12-20(26)23-18-4-3-5-19-17(18)10-11-27-19/h6-11,13-14,18H,3-5,12H2,1-2H3,(H,23,26). The highest BCUT2D eigenvalue weighted by molar-refractivity contribution is 7.99. The zero-order valence-electron chi connectivity index (χ0n) is 16.1. The van der Waals surface area contributed by atoms with Gasteiger partial charge in [-0.15, -0.1) is 10.2 Å². The Morgan fingerprint density at radius 3 is 2.93 bits per heavy atom. The summed E-state index contributed by atoms with van der Waals surface area (Å²) in [6.45, 7) is 4.35. The van der Waals surface area contributed by atoms with E-state index < -0.39 is 0 Å². The molecule has 0 bridgehead atoms. The molecule has 1 unspecified atom stereocenters. The highest BCUT2D eigenvalue weighted by Crippen LogP contribution is 2.30. The van der Waals surface area contributed by atoms with Crippen molar-refractivity contribution >= 4 is 17.7 Å². The number of carbonyl (C=O) groups is 1. The van der Waals surface area contributed by atoms with Crippen molar-refractivity contribution in [2.45, 2.75) is 50.2 Å². The molecule has 1 atom stereocenters. The van der Waals surface area contributed by atoms with E-state index in [-0.39, 0.29) is 11.9 Å². The number of nitrogens with one attached hydrogen (secondary N) is 1. The maximum Gasteiger partial charge on any atom is 0.230 e. The van der Waals surface area contributed by atoms with Gasteiger partial charge in [-0.05, 0) is 42.5 Å². The smallest absolute Gasteiger partial charge is 0.230 e. The Bertz CT molecular complexity index is 945. The van der Waals surface area contributed by atoms with Crippen molar-refractivity contribution in [3.8, 4) is 5.69 Å². The molecule has 2 heterocycles. The van der Waals surface area contributed by atoms with Crippen LogP contribution in [-0.2, 0) is 11.2 Å². The van der Waals surface area contributed by atoms with Gasteiger partial charge in [-0.3, -0.25) is 9.36 Å². The number of hydrogen-bond donors (Lipinski definition) is 1. The van der Waals surface area contributed by atoms with E-state index in [1.54, 1.807) is 12.6 Å². The minimum absolute atomic E-state index is 0.00578. The Labute approximate surface area is 168 Å². The molecule has 0 radical (unpaired) electrons. The van der Waals surface area contributed by atoms with Crippen LogP contribution in [0.3, 0.4) is 0 Å². The van der Waals surface area contributed by atoms with Gasteiger partial charge in [0.25, 0.3) is 0 Å². The first-order valence-electron chi connectivity index (χ1n) is 9.60. The lowest BCUT2D eigenvalue weighted by Gasteiger charge is -2.22. The quantitative estimate of drug-likeness (QED) is 0.630. The summed E-state index contributed by atoms with van der Waals surface area (Å²) in [5, 5.41) is 12.0. The van der Waals surface area contributed by atoms with Crippen molar-refractivity contribution in [3.63, 3.8) is 0 Å². The van der Waals surface area contributed by atoms with Crippen LogP contribution in [0.15, 0.2) is 52.5 Å². The minimum atomic E-state index is -0.00578. The first-order chi connectivity index (χ1) is 13.6. The third kappa shape index (κ3) is 3.99. The number of furan rings is 1. The number of carbonyl (C=O) groups excluding carboxylic acids is 1. The highest BCUT2D eigenvalue weighted by atomic mass is 32.2. The monoisotopic (exact) mass is 396 g/mol. The summed E-state index contributed by atoms with van der Waals surface area (Å²) in [4.78, 5) is 12.5. The molecule has 0 saturated heterocycles. The summed E-state index contributed by atoms with van der Waals surface area (Å²) in [6, 6.07) is 10.4. The Morgan fingerprint density at radius 2 is 2.14 bits per heavy atom. The highest BCUT2D eigenvalue weighted by Gasteiger charge is 2.24. The molecule has 1 aromatic carbocycles. The summed E-state index contributed by atoms with van der Waals surface area (Å²) in [6.07, 6.45) is 6.31. The Balaban J connectivity index is 1.38. The number of hydrogen-bond acceptors (Lipinski definition) is 5. The van der Waals surface area contributed by atoms with Crippen LogP contribution in [0.25, 0.3) is 5.69 Å². The molecule has 3 aromatic rings. The van der Waals surface area contributed by atoms with E-state index in [0.717, 1.165) is 36.3 Å². The van der Waals surface area contributed by atoms with E-state index >= 15 is 0 Å². The molecule has 146 valence electrons. The fraction of sp³-hybridized carbons (Fsp3) is 0.381. The molecule has 7 heteroatoms. The molecule has 2 aromatic heterocycles. The fourth-order valence-corrected chi connectivity index (χ4v) is 4.26. The third-order valence-corrected chi connectivity index (χ3v) is 6.02. The van der Waals surface area contributed by atoms with E-state index in [4.69, 9.17) is 4.42 Å². The van der Waals surface area contributed by atoms with Crippen LogP contribution in [0.2, 0.25) is 0 Å². The zero-order chi connectivity index (χ0) is 19.5. The Kier molecular flexibility index (Phi) is 5.52. The Hall–Kier alpha value is -2.54. The molecule has 1 aliphatic carbocycles. The molecule has 4 rings (SSSR count). The normalized spacial score (nSPS) is 16.2. The first kappa shape index (κ1) is 18.8. The van der Waals surface area contributed by atoms with Gasteiger partial charge in [-0.25, -0.2) is 0 Å². The van der Waals surface area contributed by atoms with Gasteiger partial charge >= 0.3 is 0 Å². The van der Waals surface area contributed by atoms with Gasteiger partial charge in [0.15, 0.2) is 5.16 Å². The fourth-order valence-electron chi connectivity index (χ4n) is 3.52. The molecule has 28 heavy (non-hydrogen) atoms. The van der Waals surface area contributed by atoms with Crippen LogP contribution >= 0.6 is 11.8 Å². The van der Waals surface area contributed by atoms with Crippen molar-refractivity contribution in [2.24, 2.45) is 0 Å². The van der Waals surface area contributed by atoms with Crippen LogP contribution in [0.5, 0.6) is 0 Å². The molecular formula is C21H24N4O2S. The van der Waals surface area contributed by atoms with Crippen molar-refractivity contribution in [1.29, 1.82) is 0 Å². The molecule has 1 aliphatic rings. The van der Waals surface area contributed by atoms with Gasteiger partial charge in [0, 0.05) is 17.7 Å². The van der Waals surface area contributed by atoms with Crippen LogP contribution in [0.4, 0.5) is 0 Å². The van der Waals surface area contributed by atoms with Crippen molar-refractivity contribution in [2.75, 3.05) is 5.75 Å². The van der Waals surface area contributed by atoms with Gasteiger partial charge in [0.2, 0.25) is 5.91 Å². The van der Waals surface area contributed by atoms with E-state index in [0.29, 0.717) is 16.8 Å². The summed E-state index contributed by atoms with van der Waals surface area (Å²) >= 11 is 1.39. The number of nitrogens with zero attached hydrogens (tertiary/aromatic N) is 3. The minimum Gasteiger partial charge on any atom is -0.469 e. The number of aryl methyl sites for hydroxylation is 1. The predicted octanol–water partition coefficient (Wildman–Crippen LogP) is 4.27. The predicted molar refractivity (Wildman–Crippen MR) is 109 cm³/mol. The molecular weight excluding hydrogens is 372 g/mol. The lowest BCUT2D eigenvalue weighted by molar-refractivity contribution is -0.119. The van der Waals surface area contributed by atoms with Gasteiger partial charge < -0.3 is 9.73 Å². The van der Waals surface area contributed by atoms with Crippen LogP contribution < -0.4 is 5.32 Å². The summed E-state index contributed by atoms with van der Waals surface area (Å²) < 4.78 is 7.41. The lowest BCUT2D eigenvalue weighted by atomic mass is 9.93. The van der Waals surface area contributed by atoms with E-state index in [2.05, 4.69) is 53.6 Å². The van der Waals surface area contributed by atoms with Gasteiger partial charge in [-0.1, -0.05) is 37.7 Å². The second kappa shape index (κ2) is 8.22. The van der Waals surface area contributed by atoms with Crippen molar-refractivity contribution < 1.29 is 9.21 Å². The van der Waals surface area contributed by atoms with Gasteiger partial charge in [-0.2, -0.15) is 0 Å². The number of fused-ring (bicyclic) bond motifs is 1. The van der Waals surface area contributed by atoms with E-state index in [1.165, 1.54) is 17.3 Å². The largest absolute Gasteiger partial charge is 0.469 e. The van der Waals surface area contributed by atoms with E-state index in [9.17, 15) is 4.79 Å². The van der Waals surface area contributed by atoms with Crippen LogP contribution in [0.1, 0.15) is 55.5 Å². The molecule has 0 spiro atoms. The first-order valence-corrected chi connectivity index (χ1v) is 10.6. The average molecular weight is 397 g/mol. The topological polar surface area (TPSA) is 73.0 Å². The number of amides is 1. The molecule has 1 N–H and O–H groups in total. The Morgan fingerprint density at radius 1 is 1.32 bits per heavy atom. The summed E-state index contributed by atoms with van der Waals surface area (Å²) in [7, 11) is 0. The van der Waals surface area contributed by atoms with Crippen molar-refractivity contribution in [1.82, 2.24) is 20.1 Å². The second-order valence-corrected chi connectivity index (χ2v) is 8.27. The summed E-state index contributed by atoms with van der Waals surface area (Å²) in [5.41, 5.74) is 3.39. The summed E-state index contributed by atoms with van der Waals surface area (Å²) in [5.74, 6) is 1.78. The molecule has 1 amide bonds. The lowest BCUT2D eigenvalue weighted by Crippen LogP contribution is -2.31. The van der Waals surface area contributed by atoms with E-state index in [1.807, 2.05) is 10.6 Å². The van der Waals surface area contributed by atoms with Crippen LogP contribution in [-0.4, -0.2) is 26.4 Å². The molecule has 0 aliphatic heterocycles. The number of rotatable bonds is 6. The molecule has 0 fully saturated rings. The van der Waals surface area contributed by atoms with Gasteiger partial charge in [0.05, 0.1) is 18.1 Å². The molecule has 0 saturated carbocycles. The van der Waals surface area contributed by atoms with Gasteiger partial charge in [0.1, 0.15) is 12.1 Å². The zero-order valence-corrected chi connectivity index (χ0v) is 16.9. The molecule has 6 nitrogen and oxygen atoms in total.